The van der Waals surface area contributed by atoms with Crippen molar-refractivity contribution in [3.8, 4) is 17.2 Å². The van der Waals surface area contributed by atoms with Crippen molar-refractivity contribution < 1.29 is 34.0 Å². The van der Waals surface area contributed by atoms with Crippen molar-refractivity contribution in [3.63, 3.8) is 0 Å². The smallest absolute Gasteiger partial charge is 0.414 e. The fourth-order valence-electron chi connectivity index (χ4n) is 3.35. The molecule has 2 unspecified atom stereocenters. The maximum absolute atomic E-state index is 9.10. The normalized spacial score (nSPS) is 18.2. The van der Waals surface area contributed by atoms with Gasteiger partial charge in [-0.3, -0.25) is 4.90 Å². The molecule has 2 aromatic carbocycles. The second-order valence-electron chi connectivity index (χ2n) is 7.57. The van der Waals surface area contributed by atoms with E-state index >= 15 is 0 Å². The molecule has 0 aliphatic carbocycles. The van der Waals surface area contributed by atoms with Gasteiger partial charge >= 0.3 is 11.9 Å². The van der Waals surface area contributed by atoms with E-state index in [0.29, 0.717) is 12.2 Å². The van der Waals surface area contributed by atoms with Crippen LogP contribution in [0.1, 0.15) is 26.7 Å². The summed E-state index contributed by atoms with van der Waals surface area (Å²) in [7, 11) is 0. The maximum Gasteiger partial charge on any atom is 0.414 e. The molecule has 32 heavy (non-hydrogen) atoms. The molecule has 1 fully saturated rings. The number of hydrogen-bond donors (Lipinski definition) is 2. The topological polar surface area (TPSA) is 106 Å². The average molecular weight is 446 g/mol. The van der Waals surface area contributed by atoms with E-state index in [-0.39, 0.29) is 0 Å². The molecule has 0 bridgehead atoms. The van der Waals surface area contributed by atoms with Crippen molar-refractivity contribution in [1.29, 1.82) is 0 Å². The van der Waals surface area contributed by atoms with Gasteiger partial charge in [-0.2, -0.15) is 0 Å². The molecular formula is C24H31NO7. The van der Waals surface area contributed by atoms with E-state index in [4.69, 9.17) is 34.0 Å². The molecule has 2 aromatic rings. The van der Waals surface area contributed by atoms with Gasteiger partial charge in [0, 0.05) is 19.2 Å². The number of rotatable bonds is 8. The summed E-state index contributed by atoms with van der Waals surface area (Å²) in [5, 5.41) is 14.8. The Labute approximate surface area is 188 Å². The van der Waals surface area contributed by atoms with Crippen LogP contribution in [-0.4, -0.2) is 65.5 Å². The Hall–Kier alpha value is -3.10. The molecule has 8 heteroatoms. The van der Waals surface area contributed by atoms with Crippen LogP contribution >= 0.6 is 0 Å². The summed E-state index contributed by atoms with van der Waals surface area (Å²) in [4.78, 5) is 20.7. The fraction of sp³-hybridized carbons (Fsp3) is 0.417. The first-order valence-corrected chi connectivity index (χ1v) is 10.6. The average Bonchev–Trinajstić information content (AvgIpc) is 2.74. The number of ether oxygens (including phenoxy) is 3. The Morgan fingerprint density at radius 2 is 1.50 bits per heavy atom. The van der Waals surface area contributed by atoms with Gasteiger partial charge in [-0.1, -0.05) is 24.3 Å². The molecule has 3 rings (SSSR count). The largest absolute Gasteiger partial charge is 0.493 e. The van der Waals surface area contributed by atoms with E-state index < -0.39 is 11.9 Å². The Morgan fingerprint density at radius 1 is 0.906 bits per heavy atom. The molecule has 0 spiro atoms. The molecule has 1 saturated heterocycles. The fourth-order valence-corrected chi connectivity index (χ4v) is 3.35. The van der Waals surface area contributed by atoms with Gasteiger partial charge in [-0.25, -0.2) is 9.59 Å². The molecule has 0 aromatic heterocycles. The number of aliphatic carboxylic acids is 2. The van der Waals surface area contributed by atoms with Crippen LogP contribution in [0, 0.1) is 0 Å². The number of carbonyl (C=O) groups is 2. The Balaban J connectivity index is 0.000000534. The second-order valence-corrected chi connectivity index (χ2v) is 7.57. The van der Waals surface area contributed by atoms with Crippen LogP contribution in [0.2, 0.25) is 0 Å². The van der Waals surface area contributed by atoms with Gasteiger partial charge in [0.2, 0.25) is 0 Å². The molecular weight excluding hydrogens is 414 g/mol. The third-order valence-electron chi connectivity index (χ3n) is 4.60. The molecule has 2 atom stereocenters. The molecule has 1 aliphatic rings. The van der Waals surface area contributed by atoms with Crippen LogP contribution in [-0.2, 0) is 14.3 Å². The molecule has 1 aliphatic heterocycles. The SMILES string of the molecule is CC1CN(CCCCOc2cccc(Oc3ccccc3)c2)CC(C)O1.O=C(O)C(=O)O. The lowest BCUT2D eigenvalue weighted by atomic mass is 10.2. The number of unbranched alkanes of at least 4 members (excludes halogenated alkanes) is 1. The van der Waals surface area contributed by atoms with E-state index in [1.54, 1.807) is 0 Å². The van der Waals surface area contributed by atoms with Crippen LogP contribution in [0.25, 0.3) is 0 Å². The zero-order valence-electron chi connectivity index (χ0n) is 18.5. The Kier molecular flexibility index (Phi) is 10.5. The predicted molar refractivity (Wildman–Crippen MR) is 119 cm³/mol. The zero-order valence-corrected chi connectivity index (χ0v) is 18.5. The van der Waals surface area contributed by atoms with Gasteiger partial charge < -0.3 is 24.4 Å². The zero-order chi connectivity index (χ0) is 23.3. The number of hydrogen-bond acceptors (Lipinski definition) is 6. The first kappa shape index (κ1) is 25.2. The third kappa shape index (κ3) is 9.80. The monoisotopic (exact) mass is 445 g/mol. The van der Waals surface area contributed by atoms with Crippen LogP contribution in [0.5, 0.6) is 17.2 Å². The van der Waals surface area contributed by atoms with E-state index in [1.165, 1.54) is 0 Å². The molecule has 2 N–H and O–H groups in total. The number of morpholine rings is 1. The van der Waals surface area contributed by atoms with Gasteiger partial charge in [0.1, 0.15) is 17.2 Å². The summed E-state index contributed by atoms with van der Waals surface area (Å²) in [5.74, 6) is -1.17. The van der Waals surface area contributed by atoms with E-state index in [0.717, 1.165) is 56.3 Å². The van der Waals surface area contributed by atoms with Crippen LogP contribution in [0.15, 0.2) is 54.6 Å². The molecule has 0 saturated carbocycles. The van der Waals surface area contributed by atoms with Crippen molar-refractivity contribution >= 4 is 11.9 Å². The Bertz CT molecular complexity index is 821. The lowest BCUT2D eigenvalue weighted by Crippen LogP contribution is -2.45. The molecule has 0 amide bonds. The van der Waals surface area contributed by atoms with Gasteiger partial charge in [0.25, 0.3) is 0 Å². The molecule has 0 radical (unpaired) electrons. The van der Waals surface area contributed by atoms with Crippen molar-refractivity contribution in [2.24, 2.45) is 0 Å². The van der Waals surface area contributed by atoms with Crippen molar-refractivity contribution in [2.45, 2.75) is 38.9 Å². The third-order valence-corrected chi connectivity index (χ3v) is 4.60. The van der Waals surface area contributed by atoms with E-state index in [9.17, 15) is 0 Å². The quantitative estimate of drug-likeness (QED) is 0.466. The first-order chi connectivity index (χ1) is 15.3. The summed E-state index contributed by atoms with van der Waals surface area (Å²) in [6.45, 7) is 8.20. The van der Waals surface area contributed by atoms with Crippen molar-refractivity contribution in [2.75, 3.05) is 26.2 Å². The van der Waals surface area contributed by atoms with Gasteiger partial charge in [0.15, 0.2) is 0 Å². The van der Waals surface area contributed by atoms with Gasteiger partial charge in [-0.15, -0.1) is 0 Å². The summed E-state index contributed by atoms with van der Waals surface area (Å²) < 4.78 is 17.5. The van der Waals surface area contributed by atoms with Gasteiger partial charge in [0.05, 0.1) is 18.8 Å². The van der Waals surface area contributed by atoms with Crippen LogP contribution < -0.4 is 9.47 Å². The second kappa shape index (κ2) is 13.3. The molecule has 8 nitrogen and oxygen atoms in total. The van der Waals surface area contributed by atoms with Crippen molar-refractivity contribution in [3.05, 3.63) is 54.6 Å². The maximum atomic E-state index is 9.10. The van der Waals surface area contributed by atoms with Crippen molar-refractivity contribution in [1.82, 2.24) is 4.90 Å². The standard InChI is InChI=1S/C22H29NO3.C2H2O4/c1-18-16-23(17-19(2)25-18)13-6-7-14-24-21-11-8-12-22(15-21)26-20-9-4-3-5-10-20;3-1(4)2(5)6/h3-5,8-12,15,18-19H,6-7,13-14,16-17H2,1-2H3;(H,3,4)(H,5,6). The summed E-state index contributed by atoms with van der Waals surface area (Å²) in [6, 6.07) is 17.6. The number of carboxylic acid groups (broad SMARTS) is 2. The Morgan fingerprint density at radius 3 is 2.12 bits per heavy atom. The molecule has 1 heterocycles. The minimum absolute atomic E-state index is 0.336. The van der Waals surface area contributed by atoms with Crippen LogP contribution in [0.3, 0.4) is 0 Å². The highest BCUT2D eigenvalue weighted by Gasteiger charge is 2.21. The minimum Gasteiger partial charge on any atom is -0.493 e. The highest BCUT2D eigenvalue weighted by molar-refractivity contribution is 6.27. The van der Waals surface area contributed by atoms with E-state index in [1.807, 2.05) is 54.6 Å². The number of carboxylic acids is 2. The minimum atomic E-state index is -1.82. The molecule has 174 valence electrons. The number of benzene rings is 2. The summed E-state index contributed by atoms with van der Waals surface area (Å²) in [5.41, 5.74) is 0. The summed E-state index contributed by atoms with van der Waals surface area (Å²) >= 11 is 0. The highest BCUT2D eigenvalue weighted by atomic mass is 16.5. The predicted octanol–water partition coefficient (Wildman–Crippen LogP) is 3.90. The summed E-state index contributed by atoms with van der Waals surface area (Å²) in [6.07, 6.45) is 2.86. The van der Waals surface area contributed by atoms with Crippen LogP contribution in [0.4, 0.5) is 0 Å². The van der Waals surface area contributed by atoms with E-state index in [2.05, 4.69) is 18.7 Å². The number of nitrogens with zero attached hydrogens (tertiary/aromatic N) is 1. The van der Waals surface area contributed by atoms with Gasteiger partial charge in [-0.05, 0) is 57.5 Å². The lowest BCUT2D eigenvalue weighted by molar-refractivity contribution is -0.159. The first-order valence-electron chi connectivity index (χ1n) is 10.6. The lowest BCUT2D eigenvalue weighted by Gasteiger charge is -2.35. The number of para-hydroxylation sites is 1. The highest BCUT2D eigenvalue weighted by Crippen LogP contribution is 2.25.